The van der Waals surface area contributed by atoms with Crippen LogP contribution in [-0.2, 0) is 6.54 Å². The van der Waals surface area contributed by atoms with Gasteiger partial charge in [-0.3, -0.25) is 4.79 Å². The molecule has 0 spiro atoms. The molecule has 0 saturated carbocycles. The molecular weight excluding hydrogens is 461 g/mol. The standard InChI is InChI=1S/C23H16ClF3N2O4/c1-13(14-7-8-19(18(24)11-14)33-23(25,26)27)29-12-17-16(21(29)30)9-10-28-20(17)22(31)32-15-5-3-2-4-6-15/h2-11,13H,12H2,1H3. The fourth-order valence-corrected chi connectivity index (χ4v) is 3.77. The number of para-hydroxylation sites is 1. The van der Waals surface area contributed by atoms with E-state index < -0.39 is 24.1 Å². The zero-order chi connectivity index (χ0) is 23.8. The summed E-state index contributed by atoms with van der Waals surface area (Å²) < 4.78 is 46.7. The average molecular weight is 477 g/mol. The molecule has 1 aromatic heterocycles. The van der Waals surface area contributed by atoms with Crippen molar-refractivity contribution in [3.8, 4) is 11.5 Å². The summed E-state index contributed by atoms with van der Waals surface area (Å²) in [5.74, 6) is -1.24. The number of carbonyl (C=O) groups excluding carboxylic acids is 2. The number of pyridine rings is 1. The maximum absolute atomic E-state index is 13.0. The number of hydrogen-bond acceptors (Lipinski definition) is 5. The van der Waals surface area contributed by atoms with Crippen LogP contribution in [-0.4, -0.2) is 28.1 Å². The zero-order valence-electron chi connectivity index (χ0n) is 17.1. The summed E-state index contributed by atoms with van der Waals surface area (Å²) in [5, 5.41) is -0.241. The molecule has 170 valence electrons. The lowest BCUT2D eigenvalue weighted by Crippen LogP contribution is -2.27. The highest BCUT2D eigenvalue weighted by atomic mass is 35.5. The van der Waals surface area contributed by atoms with Crippen molar-refractivity contribution in [3.05, 3.63) is 88.2 Å². The highest BCUT2D eigenvalue weighted by Crippen LogP contribution is 2.36. The second-order valence-corrected chi connectivity index (χ2v) is 7.64. The number of benzene rings is 2. The molecule has 1 aliphatic rings. The summed E-state index contributed by atoms with van der Waals surface area (Å²) in [5.41, 5.74) is 1.24. The third kappa shape index (κ3) is 4.78. The predicted molar refractivity (Wildman–Crippen MR) is 112 cm³/mol. The summed E-state index contributed by atoms with van der Waals surface area (Å²) in [7, 11) is 0. The molecule has 6 nitrogen and oxygen atoms in total. The molecule has 0 saturated heterocycles. The minimum absolute atomic E-state index is 0.0198. The van der Waals surface area contributed by atoms with Gasteiger partial charge in [0, 0.05) is 23.9 Å². The van der Waals surface area contributed by atoms with Crippen LogP contribution in [0, 0.1) is 0 Å². The number of ether oxygens (including phenoxy) is 2. The molecule has 1 unspecified atom stereocenters. The summed E-state index contributed by atoms with van der Waals surface area (Å²) in [6.07, 6.45) is -3.52. The van der Waals surface area contributed by atoms with Crippen LogP contribution in [0.1, 0.15) is 44.9 Å². The lowest BCUT2D eigenvalue weighted by molar-refractivity contribution is -0.274. The first-order chi connectivity index (χ1) is 15.6. The van der Waals surface area contributed by atoms with Gasteiger partial charge in [0.05, 0.1) is 11.1 Å². The van der Waals surface area contributed by atoms with Crippen LogP contribution in [0.25, 0.3) is 0 Å². The van der Waals surface area contributed by atoms with Crippen molar-refractivity contribution >= 4 is 23.5 Å². The Labute approximate surface area is 191 Å². The fraction of sp³-hybridized carbons (Fsp3) is 0.174. The summed E-state index contributed by atoms with van der Waals surface area (Å²) in [6, 6.07) is 13.2. The molecule has 1 amide bonds. The van der Waals surface area contributed by atoms with Gasteiger partial charge in [-0.25, -0.2) is 9.78 Å². The lowest BCUT2D eigenvalue weighted by Gasteiger charge is -2.25. The van der Waals surface area contributed by atoms with E-state index in [4.69, 9.17) is 16.3 Å². The average Bonchev–Trinajstić information content (AvgIpc) is 3.11. The number of halogens is 4. The molecule has 0 radical (unpaired) electrons. The van der Waals surface area contributed by atoms with Gasteiger partial charge in [0.2, 0.25) is 0 Å². The van der Waals surface area contributed by atoms with Crippen molar-refractivity contribution in [1.29, 1.82) is 0 Å². The smallest absolute Gasteiger partial charge is 0.422 e. The number of amides is 1. The van der Waals surface area contributed by atoms with E-state index in [1.54, 1.807) is 37.3 Å². The van der Waals surface area contributed by atoms with E-state index in [-0.39, 0.29) is 23.2 Å². The van der Waals surface area contributed by atoms with E-state index in [1.807, 2.05) is 0 Å². The first-order valence-electron chi connectivity index (χ1n) is 9.75. The first kappa shape index (κ1) is 22.6. The van der Waals surface area contributed by atoms with Gasteiger partial charge in [-0.15, -0.1) is 13.2 Å². The van der Waals surface area contributed by atoms with Gasteiger partial charge >= 0.3 is 12.3 Å². The Morgan fingerprint density at radius 2 is 1.88 bits per heavy atom. The third-order valence-electron chi connectivity index (χ3n) is 5.15. The van der Waals surface area contributed by atoms with E-state index >= 15 is 0 Å². The normalized spacial score (nSPS) is 14.1. The van der Waals surface area contributed by atoms with Crippen molar-refractivity contribution in [2.75, 3.05) is 0 Å². The Morgan fingerprint density at radius 3 is 2.55 bits per heavy atom. The largest absolute Gasteiger partial charge is 0.573 e. The van der Waals surface area contributed by atoms with Crippen LogP contribution < -0.4 is 9.47 Å². The van der Waals surface area contributed by atoms with Gasteiger partial charge in [0.1, 0.15) is 11.5 Å². The van der Waals surface area contributed by atoms with Crippen LogP contribution >= 0.6 is 11.6 Å². The zero-order valence-corrected chi connectivity index (χ0v) is 17.9. The highest BCUT2D eigenvalue weighted by molar-refractivity contribution is 6.32. The quantitative estimate of drug-likeness (QED) is 0.356. The van der Waals surface area contributed by atoms with Gasteiger partial charge in [-0.1, -0.05) is 35.9 Å². The van der Waals surface area contributed by atoms with Crippen LogP contribution in [0.4, 0.5) is 13.2 Å². The molecule has 33 heavy (non-hydrogen) atoms. The molecule has 0 aliphatic carbocycles. The van der Waals surface area contributed by atoms with Crippen molar-refractivity contribution in [3.63, 3.8) is 0 Å². The highest BCUT2D eigenvalue weighted by Gasteiger charge is 2.36. The topological polar surface area (TPSA) is 68.7 Å². The monoisotopic (exact) mass is 476 g/mol. The van der Waals surface area contributed by atoms with Crippen molar-refractivity contribution in [2.24, 2.45) is 0 Å². The van der Waals surface area contributed by atoms with Crippen molar-refractivity contribution in [1.82, 2.24) is 9.88 Å². The van der Waals surface area contributed by atoms with Gasteiger partial charge in [0.15, 0.2) is 5.69 Å². The number of hydrogen-bond donors (Lipinski definition) is 0. The van der Waals surface area contributed by atoms with Crippen molar-refractivity contribution < 1.29 is 32.2 Å². The van der Waals surface area contributed by atoms with E-state index in [1.165, 1.54) is 29.3 Å². The second kappa shape index (κ2) is 8.74. The number of nitrogens with zero attached hydrogens (tertiary/aromatic N) is 2. The SMILES string of the molecule is CC(c1ccc(OC(F)(F)F)c(Cl)c1)N1Cc2c(ccnc2C(=O)Oc2ccccc2)C1=O. The third-order valence-corrected chi connectivity index (χ3v) is 5.45. The number of aromatic nitrogens is 1. The molecule has 0 bridgehead atoms. The van der Waals surface area contributed by atoms with Crippen LogP contribution in [0.15, 0.2) is 60.8 Å². The Bertz CT molecular complexity index is 1220. The van der Waals surface area contributed by atoms with Gasteiger partial charge in [-0.05, 0) is 42.8 Å². The summed E-state index contributed by atoms with van der Waals surface area (Å²) >= 11 is 5.96. The molecule has 4 rings (SSSR count). The molecule has 2 heterocycles. The number of carbonyl (C=O) groups is 2. The Morgan fingerprint density at radius 1 is 1.15 bits per heavy atom. The maximum atomic E-state index is 13.0. The molecular formula is C23H16ClF3N2O4. The second-order valence-electron chi connectivity index (χ2n) is 7.23. The minimum Gasteiger partial charge on any atom is -0.422 e. The van der Waals surface area contributed by atoms with E-state index in [0.29, 0.717) is 22.4 Å². The maximum Gasteiger partial charge on any atom is 0.573 e. The predicted octanol–water partition coefficient (Wildman–Crippen LogP) is 5.57. The Hall–Kier alpha value is -3.59. The van der Waals surface area contributed by atoms with E-state index in [2.05, 4.69) is 9.72 Å². The molecule has 0 fully saturated rings. The van der Waals surface area contributed by atoms with E-state index in [0.717, 1.165) is 6.07 Å². The number of rotatable bonds is 5. The minimum atomic E-state index is -4.87. The van der Waals surface area contributed by atoms with Gasteiger partial charge < -0.3 is 14.4 Å². The number of alkyl halides is 3. The molecule has 10 heteroatoms. The summed E-state index contributed by atoms with van der Waals surface area (Å²) in [6.45, 7) is 1.77. The van der Waals surface area contributed by atoms with Gasteiger partial charge in [-0.2, -0.15) is 0 Å². The molecule has 3 aromatic rings. The number of esters is 1. The first-order valence-corrected chi connectivity index (χ1v) is 10.1. The van der Waals surface area contributed by atoms with Gasteiger partial charge in [0.25, 0.3) is 5.91 Å². The van der Waals surface area contributed by atoms with Crippen LogP contribution in [0.5, 0.6) is 11.5 Å². The molecule has 0 N–H and O–H groups in total. The van der Waals surface area contributed by atoms with Crippen molar-refractivity contribution in [2.45, 2.75) is 25.9 Å². The summed E-state index contributed by atoms with van der Waals surface area (Å²) in [4.78, 5) is 31.3. The van der Waals surface area contributed by atoms with Crippen LogP contribution in [0.2, 0.25) is 5.02 Å². The lowest BCUT2D eigenvalue weighted by atomic mass is 10.1. The Balaban J connectivity index is 1.57. The van der Waals surface area contributed by atoms with E-state index in [9.17, 15) is 22.8 Å². The fourth-order valence-electron chi connectivity index (χ4n) is 3.55. The molecule has 1 aliphatic heterocycles. The molecule has 1 atom stereocenters. The van der Waals surface area contributed by atoms with Crippen LogP contribution in [0.3, 0.4) is 0 Å². The number of fused-ring (bicyclic) bond motifs is 1. The Kier molecular flexibility index (Phi) is 5.99. The molecule has 2 aromatic carbocycles.